The van der Waals surface area contributed by atoms with Crippen LogP contribution in [0.2, 0.25) is 0 Å². The van der Waals surface area contributed by atoms with Gasteiger partial charge in [0.1, 0.15) is 6.61 Å². The van der Waals surface area contributed by atoms with Crippen molar-refractivity contribution < 1.29 is 19.0 Å². The zero-order chi connectivity index (χ0) is 18.8. The Bertz CT molecular complexity index is 983. The van der Waals surface area contributed by atoms with E-state index in [0.717, 1.165) is 28.3 Å². The molecule has 0 aliphatic carbocycles. The van der Waals surface area contributed by atoms with Crippen molar-refractivity contribution in [1.82, 2.24) is 0 Å². The SMILES string of the molecule is CC(C)(C)c1ccc([C@H]2C3=C(COC3=O)Nc3cc4c(cc32)OCO4)cc1. The van der Waals surface area contributed by atoms with E-state index in [1.807, 2.05) is 12.1 Å². The van der Waals surface area contributed by atoms with Crippen LogP contribution in [0.25, 0.3) is 0 Å². The van der Waals surface area contributed by atoms with Gasteiger partial charge in [-0.05, 0) is 28.2 Å². The van der Waals surface area contributed by atoms with Gasteiger partial charge in [-0.3, -0.25) is 0 Å². The van der Waals surface area contributed by atoms with E-state index in [1.165, 1.54) is 5.56 Å². The Hall–Kier alpha value is -2.95. The van der Waals surface area contributed by atoms with Crippen LogP contribution in [0, 0.1) is 0 Å². The summed E-state index contributed by atoms with van der Waals surface area (Å²) in [6, 6.07) is 12.4. The van der Waals surface area contributed by atoms with E-state index in [4.69, 9.17) is 14.2 Å². The summed E-state index contributed by atoms with van der Waals surface area (Å²) >= 11 is 0. The summed E-state index contributed by atoms with van der Waals surface area (Å²) in [5.41, 5.74) is 5.85. The van der Waals surface area contributed by atoms with Gasteiger partial charge in [-0.25, -0.2) is 4.79 Å². The molecule has 0 aromatic heterocycles. The van der Waals surface area contributed by atoms with Gasteiger partial charge in [0.25, 0.3) is 0 Å². The molecule has 5 heteroatoms. The summed E-state index contributed by atoms with van der Waals surface area (Å²) in [5.74, 6) is 0.986. The van der Waals surface area contributed by atoms with Gasteiger partial charge in [0.2, 0.25) is 6.79 Å². The van der Waals surface area contributed by atoms with Crippen LogP contribution >= 0.6 is 0 Å². The maximum Gasteiger partial charge on any atom is 0.337 e. The van der Waals surface area contributed by atoms with Crippen molar-refractivity contribution in [3.05, 3.63) is 64.4 Å². The summed E-state index contributed by atoms with van der Waals surface area (Å²) in [4.78, 5) is 12.5. The molecule has 0 saturated heterocycles. The van der Waals surface area contributed by atoms with Gasteiger partial charge in [0.15, 0.2) is 11.5 Å². The molecule has 0 saturated carbocycles. The molecule has 5 nitrogen and oxygen atoms in total. The van der Waals surface area contributed by atoms with Crippen LogP contribution < -0.4 is 14.8 Å². The number of fused-ring (bicyclic) bond motifs is 2. The minimum Gasteiger partial charge on any atom is -0.456 e. The quantitative estimate of drug-likeness (QED) is 0.774. The topological polar surface area (TPSA) is 56.8 Å². The van der Waals surface area contributed by atoms with Gasteiger partial charge in [-0.1, -0.05) is 45.0 Å². The molecule has 0 unspecified atom stereocenters. The number of carbonyl (C=O) groups excluding carboxylic acids is 1. The van der Waals surface area contributed by atoms with Crippen LogP contribution in [-0.4, -0.2) is 19.4 Å². The van der Waals surface area contributed by atoms with Crippen LogP contribution in [0.5, 0.6) is 11.5 Å². The van der Waals surface area contributed by atoms with Gasteiger partial charge in [-0.2, -0.15) is 0 Å². The zero-order valence-corrected chi connectivity index (χ0v) is 15.6. The third-order valence-electron chi connectivity index (χ3n) is 5.43. The van der Waals surface area contributed by atoms with E-state index in [2.05, 4.69) is 50.4 Å². The first-order valence-electron chi connectivity index (χ1n) is 9.13. The standard InChI is InChI=1S/C22H21NO4/c1-22(2,3)13-6-4-12(5-7-13)19-14-8-17-18(27-11-26-17)9-15(14)23-16-10-25-21(24)20(16)19/h4-9,19,23H,10-11H2,1-3H3/t19-/m1/s1. The number of nitrogens with one attached hydrogen (secondary N) is 1. The third kappa shape index (κ3) is 2.49. The fraction of sp³-hybridized carbons (Fsp3) is 0.318. The predicted octanol–water partition coefficient (Wildman–Crippen LogP) is 4.08. The fourth-order valence-corrected chi connectivity index (χ4v) is 3.96. The number of ether oxygens (including phenoxy) is 3. The van der Waals surface area contributed by atoms with Crippen LogP contribution in [0.15, 0.2) is 47.7 Å². The Labute approximate surface area is 157 Å². The molecule has 5 rings (SSSR count). The van der Waals surface area contributed by atoms with Gasteiger partial charge in [0, 0.05) is 17.7 Å². The lowest BCUT2D eigenvalue weighted by molar-refractivity contribution is -0.136. The molecular weight excluding hydrogens is 342 g/mol. The van der Waals surface area contributed by atoms with Crippen molar-refractivity contribution in [2.24, 2.45) is 0 Å². The summed E-state index contributed by atoms with van der Waals surface area (Å²) in [7, 11) is 0. The highest BCUT2D eigenvalue weighted by atomic mass is 16.7. The average molecular weight is 363 g/mol. The largest absolute Gasteiger partial charge is 0.456 e. The lowest BCUT2D eigenvalue weighted by atomic mass is 9.79. The molecular formula is C22H21NO4. The molecule has 138 valence electrons. The molecule has 0 bridgehead atoms. The second-order valence-corrected chi connectivity index (χ2v) is 8.19. The van der Waals surface area contributed by atoms with E-state index in [1.54, 1.807) is 0 Å². The Morgan fingerprint density at radius 2 is 1.70 bits per heavy atom. The fourth-order valence-electron chi connectivity index (χ4n) is 3.96. The minimum atomic E-state index is -0.259. The molecule has 0 fully saturated rings. The van der Waals surface area contributed by atoms with E-state index in [9.17, 15) is 4.79 Å². The number of hydrogen-bond donors (Lipinski definition) is 1. The number of esters is 1. The second kappa shape index (κ2) is 5.52. The van der Waals surface area contributed by atoms with Gasteiger partial charge in [0.05, 0.1) is 11.3 Å². The summed E-state index contributed by atoms with van der Waals surface area (Å²) < 4.78 is 16.4. The molecule has 3 aliphatic rings. The predicted molar refractivity (Wildman–Crippen MR) is 101 cm³/mol. The third-order valence-corrected chi connectivity index (χ3v) is 5.43. The van der Waals surface area contributed by atoms with E-state index >= 15 is 0 Å². The van der Waals surface area contributed by atoms with Crippen molar-refractivity contribution >= 4 is 11.7 Å². The molecule has 3 heterocycles. The first kappa shape index (κ1) is 16.2. The first-order valence-corrected chi connectivity index (χ1v) is 9.13. The average Bonchev–Trinajstić information content (AvgIpc) is 3.24. The Kier molecular flexibility index (Phi) is 3.32. The molecule has 3 aliphatic heterocycles. The highest BCUT2D eigenvalue weighted by Gasteiger charge is 2.39. The molecule has 1 atom stereocenters. The van der Waals surface area contributed by atoms with Gasteiger partial charge < -0.3 is 19.5 Å². The number of carbonyl (C=O) groups is 1. The molecule has 0 spiro atoms. The van der Waals surface area contributed by atoms with Crippen LogP contribution in [0.4, 0.5) is 5.69 Å². The Morgan fingerprint density at radius 1 is 1.00 bits per heavy atom. The van der Waals surface area contributed by atoms with Crippen LogP contribution in [0.3, 0.4) is 0 Å². The van der Waals surface area contributed by atoms with Crippen molar-refractivity contribution in [1.29, 1.82) is 0 Å². The van der Waals surface area contributed by atoms with E-state index < -0.39 is 0 Å². The highest BCUT2D eigenvalue weighted by Crippen LogP contribution is 2.48. The van der Waals surface area contributed by atoms with Crippen LogP contribution in [0.1, 0.15) is 43.4 Å². The van der Waals surface area contributed by atoms with Crippen molar-refractivity contribution in [2.75, 3.05) is 18.7 Å². The normalized spacial score (nSPS) is 20.1. The zero-order valence-electron chi connectivity index (χ0n) is 15.6. The van der Waals surface area contributed by atoms with Crippen molar-refractivity contribution in [3.8, 4) is 11.5 Å². The Balaban J connectivity index is 1.66. The first-order chi connectivity index (χ1) is 12.9. The minimum absolute atomic E-state index is 0.0767. The highest BCUT2D eigenvalue weighted by molar-refractivity contribution is 5.97. The maximum atomic E-state index is 12.5. The molecule has 1 N–H and O–H groups in total. The Morgan fingerprint density at radius 3 is 2.41 bits per heavy atom. The molecule has 2 aromatic rings. The number of rotatable bonds is 1. The molecule has 0 amide bonds. The van der Waals surface area contributed by atoms with E-state index in [0.29, 0.717) is 11.3 Å². The van der Waals surface area contributed by atoms with Crippen molar-refractivity contribution in [3.63, 3.8) is 0 Å². The van der Waals surface area contributed by atoms with Gasteiger partial charge >= 0.3 is 5.97 Å². The monoisotopic (exact) mass is 363 g/mol. The maximum absolute atomic E-state index is 12.5. The number of benzene rings is 2. The van der Waals surface area contributed by atoms with E-state index in [-0.39, 0.29) is 30.7 Å². The molecule has 27 heavy (non-hydrogen) atoms. The van der Waals surface area contributed by atoms with Crippen LogP contribution in [-0.2, 0) is 14.9 Å². The second-order valence-electron chi connectivity index (χ2n) is 8.19. The lowest BCUT2D eigenvalue weighted by Gasteiger charge is -2.28. The summed E-state index contributed by atoms with van der Waals surface area (Å²) in [6.45, 7) is 7.07. The molecule has 2 aromatic carbocycles. The van der Waals surface area contributed by atoms with Crippen molar-refractivity contribution in [2.45, 2.75) is 32.1 Å². The molecule has 0 radical (unpaired) electrons. The van der Waals surface area contributed by atoms with Gasteiger partial charge in [-0.15, -0.1) is 0 Å². The summed E-state index contributed by atoms with van der Waals surface area (Å²) in [6.07, 6.45) is 0. The number of anilines is 1. The lowest BCUT2D eigenvalue weighted by Crippen LogP contribution is -2.20. The summed E-state index contributed by atoms with van der Waals surface area (Å²) in [5, 5.41) is 3.35. The number of hydrogen-bond acceptors (Lipinski definition) is 5. The number of cyclic esters (lactones) is 1. The smallest absolute Gasteiger partial charge is 0.337 e.